The van der Waals surface area contributed by atoms with Crippen LogP contribution in [0, 0.1) is 0 Å². The molecule has 0 fully saturated rings. The first-order valence-electron chi connectivity index (χ1n) is 5.77. The van der Waals surface area contributed by atoms with E-state index < -0.39 is 11.6 Å². The smallest absolute Gasteiger partial charge is 0.347 e. The van der Waals surface area contributed by atoms with Crippen molar-refractivity contribution in [2.75, 3.05) is 13.2 Å². The molecule has 5 nitrogen and oxygen atoms in total. The third kappa shape index (κ3) is 3.92. The third-order valence-electron chi connectivity index (χ3n) is 2.56. The molecule has 0 radical (unpaired) electrons. The zero-order valence-corrected chi connectivity index (χ0v) is 10.5. The number of phenols is 1. The van der Waals surface area contributed by atoms with Crippen molar-refractivity contribution in [1.82, 2.24) is 0 Å². The summed E-state index contributed by atoms with van der Waals surface area (Å²) in [5.74, 6) is -0.543. The van der Waals surface area contributed by atoms with Gasteiger partial charge in [0, 0.05) is 13.0 Å². The molecule has 100 valence electrons. The Morgan fingerprint density at radius 3 is 2.44 bits per heavy atom. The first-order chi connectivity index (χ1) is 8.48. The first kappa shape index (κ1) is 14.3. The van der Waals surface area contributed by atoms with Crippen molar-refractivity contribution in [2.24, 2.45) is 0 Å². The molecule has 1 aromatic carbocycles. The van der Waals surface area contributed by atoms with Crippen LogP contribution in [0.4, 0.5) is 0 Å². The molecule has 0 heterocycles. The number of aliphatic carboxylic acids is 1. The number of carbonyl (C=O) groups is 1. The summed E-state index contributed by atoms with van der Waals surface area (Å²) in [4.78, 5) is 11.3. The lowest BCUT2D eigenvalue weighted by atomic mass is 10.0. The minimum Gasteiger partial charge on any atom is -0.508 e. The number of ether oxygens (including phenoxy) is 2. The summed E-state index contributed by atoms with van der Waals surface area (Å²) in [5.41, 5.74) is -1.34. The van der Waals surface area contributed by atoms with Gasteiger partial charge in [-0.15, -0.1) is 0 Å². The minimum atomic E-state index is -1.34. The molecule has 0 aliphatic carbocycles. The number of rotatable bonds is 7. The number of carboxylic acids is 1. The lowest BCUT2D eigenvalue weighted by Gasteiger charge is -2.26. The Morgan fingerprint density at radius 1 is 1.33 bits per heavy atom. The average Bonchev–Trinajstić information content (AvgIpc) is 2.32. The maximum atomic E-state index is 11.3. The van der Waals surface area contributed by atoms with Crippen LogP contribution in [0.2, 0.25) is 0 Å². The summed E-state index contributed by atoms with van der Waals surface area (Å²) in [7, 11) is 0. The summed E-state index contributed by atoms with van der Waals surface area (Å²) in [6.07, 6.45) is 0.247. The van der Waals surface area contributed by atoms with Crippen LogP contribution in [0.1, 0.15) is 20.3 Å². The molecular weight excluding hydrogens is 236 g/mol. The van der Waals surface area contributed by atoms with E-state index in [1.54, 1.807) is 0 Å². The van der Waals surface area contributed by atoms with Crippen molar-refractivity contribution < 1.29 is 24.5 Å². The highest BCUT2D eigenvalue weighted by molar-refractivity contribution is 5.77. The largest absolute Gasteiger partial charge is 0.508 e. The molecule has 18 heavy (non-hydrogen) atoms. The Balaban J connectivity index is 2.72. The van der Waals surface area contributed by atoms with Gasteiger partial charge in [-0.25, -0.2) is 4.79 Å². The molecule has 0 amide bonds. The van der Waals surface area contributed by atoms with Crippen LogP contribution in [0.5, 0.6) is 11.5 Å². The van der Waals surface area contributed by atoms with Crippen molar-refractivity contribution in [1.29, 1.82) is 0 Å². The van der Waals surface area contributed by atoms with Crippen LogP contribution < -0.4 is 4.74 Å². The second kappa shape index (κ2) is 6.26. The fraction of sp³-hybridized carbons (Fsp3) is 0.462. The fourth-order valence-electron chi connectivity index (χ4n) is 1.39. The topological polar surface area (TPSA) is 76.0 Å². The van der Waals surface area contributed by atoms with Crippen molar-refractivity contribution in [3.05, 3.63) is 24.3 Å². The third-order valence-corrected chi connectivity index (χ3v) is 2.56. The lowest BCUT2D eigenvalue weighted by molar-refractivity contribution is -0.155. The van der Waals surface area contributed by atoms with E-state index in [0.29, 0.717) is 19.0 Å². The van der Waals surface area contributed by atoms with Gasteiger partial charge in [-0.3, -0.25) is 0 Å². The molecule has 1 atom stereocenters. The molecule has 0 aliphatic rings. The first-order valence-corrected chi connectivity index (χ1v) is 5.77. The molecule has 2 N–H and O–H groups in total. The Kier molecular flexibility index (Phi) is 4.97. The van der Waals surface area contributed by atoms with Gasteiger partial charge in [-0.05, 0) is 38.1 Å². The van der Waals surface area contributed by atoms with Crippen molar-refractivity contribution in [3.8, 4) is 11.5 Å². The summed E-state index contributed by atoms with van der Waals surface area (Å²) in [5, 5.41) is 18.4. The standard InChI is InChI=1S/C13H18O5/c1-3-17-9-8-13(2,12(15)16)18-11-6-4-10(14)5-7-11/h4-7,14H,3,8-9H2,1-2H3,(H,15,16). The van der Waals surface area contributed by atoms with E-state index in [1.807, 2.05) is 6.92 Å². The SMILES string of the molecule is CCOCCC(C)(Oc1ccc(O)cc1)C(=O)O. The van der Waals surface area contributed by atoms with Gasteiger partial charge in [-0.2, -0.15) is 0 Å². The van der Waals surface area contributed by atoms with Gasteiger partial charge in [-0.1, -0.05) is 0 Å². The number of hydrogen-bond acceptors (Lipinski definition) is 4. The van der Waals surface area contributed by atoms with Crippen LogP contribution in [-0.4, -0.2) is 35.0 Å². The van der Waals surface area contributed by atoms with Crippen LogP contribution in [0.3, 0.4) is 0 Å². The lowest BCUT2D eigenvalue weighted by Crippen LogP contribution is -2.42. The zero-order valence-electron chi connectivity index (χ0n) is 10.5. The van der Waals surface area contributed by atoms with E-state index in [2.05, 4.69) is 0 Å². The summed E-state index contributed by atoms with van der Waals surface area (Å²) < 4.78 is 10.6. The molecule has 0 spiro atoms. The van der Waals surface area contributed by atoms with E-state index in [4.69, 9.17) is 14.6 Å². The van der Waals surface area contributed by atoms with E-state index in [-0.39, 0.29) is 12.2 Å². The van der Waals surface area contributed by atoms with Gasteiger partial charge in [0.15, 0.2) is 0 Å². The van der Waals surface area contributed by atoms with E-state index in [9.17, 15) is 9.90 Å². The van der Waals surface area contributed by atoms with Crippen LogP contribution >= 0.6 is 0 Å². The van der Waals surface area contributed by atoms with Gasteiger partial charge in [0.25, 0.3) is 0 Å². The predicted molar refractivity (Wildman–Crippen MR) is 65.9 cm³/mol. The monoisotopic (exact) mass is 254 g/mol. The highest BCUT2D eigenvalue weighted by Gasteiger charge is 2.35. The Hall–Kier alpha value is -1.75. The predicted octanol–water partition coefficient (Wildman–Crippen LogP) is 2.04. The van der Waals surface area contributed by atoms with Gasteiger partial charge in [0.2, 0.25) is 5.60 Å². The summed E-state index contributed by atoms with van der Waals surface area (Å²) in [6.45, 7) is 4.20. The number of benzene rings is 1. The molecule has 1 unspecified atom stereocenters. The number of hydrogen-bond donors (Lipinski definition) is 2. The second-order valence-corrected chi connectivity index (χ2v) is 4.08. The average molecular weight is 254 g/mol. The molecule has 5 heteroatoms. The van der Waals surface area contributed by atoms with E-state index in [1.165, 1.54) is 31.2 Å². The maximum Gasteiger partial charge on any atom is 0.347 e. The summed E-state index contributed by atoms with van der Waals surface area (Å²) >= 11 is 0. The highest BCUT2D eigenvalue weighted by atomic mass is 16.5. The number of phenolic OH excluding ortho intramolecular Hbond substituents is 1. The normalized spacial score (nSPS) is 13.9. The van der Waals surface area contributed by atoms with Gasteiger partial charge in [0.05, 0.1) is 6.61 Å². The van der Waals surface area contributed by atoms with Crippen LogP contribution in [-0.2, 0) is 9.53 Å². The molecule has 1 rings (SSSR count). The van der Waals surface area contributed by atoms with Gasteiger partial charge < -0.3 is 19.7 Å². The van der Waals surface area contributed by atoms with Crippen LogP contribution in [0.15, 0.2) is 24.3 Å². The molecular formula is C13H18O5. The van der Waals surface area contributed by atoms with Crippen molar-refractivity contribution in [2.45, 2.75) is 25.9 Å². The molecule has 0 aromatic heterocycles. The highest BCUT2D eigenvalue weighted by Crippen LogP contribution is 2.23. The second-order valence-electron chi connectivity index (χ2n) is 4.08. The Labute approximate surface area is 106 Å². The fourth-order valence-corrected chi connectivity index (χ4v) is 1.39. The molecule has 0 saturated carbocycles. The summed E-state index contributed by atoms with van der Waals surface area (Å²) in [6, 6.07) is 5.94. The van der Waals surface area contributed by atoms with Crippen molar-refractivity contribution >= 4 is 5.97 Å². The van der Waals surface area contributed by atoms with E-state index in [0.717, 1.165) is 0 Å². The van der Waals surface area contributed by atoms with Crippen molar-refractivity contribution in [3.63, 3.8) is 0 Å². The quantitative estimate of drug-likeness (QED) is 0.728. The molecule has 0 saturated heterocycles. The maximum absolute atomic E-state index is 11.3. The number of aromatic hydroxyl groups is 1. The molecule has 1 aromatic rings. The Bertz CT molecular complexity index is 387. The minimum absolute atomic E-state index is 0.105. The van der Waals surface area contributed by atoms with Gasteiger partial charge in [0.1, 0.15) is 11.5 Å². The molecule has 0 bridgehead atoms. The van der Waals surface area contributed by atoms with Crippen LogP contribution in [0.25, 0.3) is 0 Å². The number of carboxylic acid groups (broad SMARTS) is 1. The van der Waals surface area contributed by atoms with Gasteiger partial charge >= 0.3 is 5.97 Å². The van der Waals surface area contributed by atoms with E-state index >= 15 is 0 Å². The molecule has 0 aliphatic heterocycles. The zero-order chi connectivity index (χ0) is 13.6. The Morgan fingerprint density at radius 2 is 1.94 bits per heavy atom.